The molecule has 1 aliphatic rings. The van der Waals surface area contributed by atoms with Crippen LogP contribution < -0.4 is 0 Å². The number of aliphatic hydroxyl groups is 1. The second-order valence-electron chi connectivity index (χ2n) is 6.08. The fourth-order valence-corrected chi connectivity index (χ4v) is 4.18. The Morgan fingerprint density at radius 3 is 2.78 bits per heavy atom. The van der Waals surface area contributed by atoms with E-state index in [0.29, 0.717) is 6.04 Å². The molecule has 1 saturated carbocycles. The number of unbranched alkanes of at least 4 members (excludes halogenated alkanes) is 2. The molecular formula is C17H25N3O2S. The Morgan fingerprint density at radius 1 is 1.17 bits per heavy atom. The number of furan rings is 1. The molecule has 0 atom stereocenters. The van der Waals surface area contributed by atoms with Crippen molar-refractivity contribution in [2.24, 2.45) is 0 Å². The van der Waals surface area contributed by atoms with Gasteiger partial charge in [0.15, 0.2) is 10.9 Å². The van der Waals surface area contributed by atoms with E-state index in [1.54, 1.807) is 18.0 Å². The lowest BCUT2D eigenvalue weighted by Gasteiger charge is -2.25. The molecular weight excluding hydrogens is 310 g/mol. The number of hydrogen-bond acceptors (Lipinski definition) is 5. The molecule has 1 fully saturated rings. The van der Waals surface area contributed by atoms with E-state index < -0.39 is 0 Å². The molecule has 0 aromatic carbocycles. The summed E-state index contributed by atoms with van der Waals surface area (Å²) in [5, 5.41) is 18.7. The molecule has 3 rings (SSSR count). The molecule has 5 nitrogen and oxygen atoms in total. The maximum Gasteiger partial charge on any atom is 0.200 e. The molecule has 6 heteroatoms. The van der Waals surface area contributed by atoms with Crippen LogP contribution in [0.3, 0.4) is 0 Å². The maximum atomic E-state index is 8.86. The van der Waals surface area contributed by atoms with E-state index in [0.717, 1.165) is 41.8 Å². The fraction of sp³-hybridized carbons (Fsp3) is 0.647. The van der Waals surface area contributed by atoms with Gasteiger partial charge in [0.25, 0.3) is 0 Å². The zero-order chi connectivity index (χ0) is 15.9. The number of aliphatic hydroxyl groups excluding tert-OH is 1. The lowest BCUT2D eigenvalue weighted by atomic mass is 9.95. The Labute approximate surface area is 141 Å². The van der Waals surface area contributed by atoms with E-state index in [-0.39, 0.29) is 6.61 Å². The molecule has 0 bridgehead atoms. The average molecular weight is 335 g/mol. The maximum absolute atomic E-state index is 8.86. The smallest absolute Gasteiger partial charge is 0.200 e. The minimum Gasteiger partial charge on any atom is -0.461 e. The van der Waals surface area contributed by atoms with Crippen LogP contribution >= 0.6 is 11.8 Å². The highest BCUT2D eigenvalue weighted by Crippen LogP contribution is 2.35. The Bertz CT molecular complexity index is 577. The van der Waals surface area contributed by atoms with E-state index >= 15 is 0 Å². The normalized spacial score (nSPS) is 16.0. The predicted molar refractivity (Wildman–Crippen MR) is 91.5 cm³/mol. The van der Waals surface area contributed by atoms with Gasteiger partial charge in [-0.15, -0.1) is 10.2 Å². The van der Waals surface area contributed by atoms with Crippen LogP contribution in [0.2, 0.25) is 0 Å². The van der Waals surface area contributed by atoms with Crippen molar-refractivity contribution in [1.29, 1.82) is 0 Å². The lowest BCUT2D eigenvalue weighted by Crippen LogP contribution is -2.15. The number of aromatic nitrogens is 3. The molecule has 0 saturated heterocycles. The number of nitrogens with zero attached hydrogens (tertiary/aromatic N) is 3. The number of hydrogen-bond donors (Lipinski definition) is 1. The van der Waals surface area contributed by atoms with E-state index in [2.05, 4.69) is 14.8 Å². The van der Waals surface area contributed by atoms with Crippen molar-refractivity contribution in [2.45, 2.75) is 62.6 Å². The number of thioether (sulfide) groups is 1. The molecule has 2 aromatic heterocycles. The van der Waals surface area contributed by atoms with Gasteiger partial charge in [0.1, 0.15) is 0 Å². The molecule has 0 amide bonds. The molecule has 0 spiro atoms. The zero-order valence-electron chi connectivity index (χ0n) is 13.5. The van der Waals surface area contributed by atoms with Crippen molar-refractivity contribution in [3.63, 3.8) is 0 Å². The van der Waals surface area contributed by atoms with Gasteiger partial charge in [-0.3, -0.25) is 4.57 Å². The molecule has 2 heterocycles. The van der Waals surface area contributed by atoms with Crippen molar-refractivity contribution >= 4 is 11.8 Å². The minimum atomic E-state index is 0.283. The Hall–Kier alpha value is -1.27. The first kappa shape index (κ1) is 16.6. The zero-order valence-corrected chi connectivity index (χ0v) is 14.3. The highest BCUT2D eigenvalue weighted by Gasteiger charge is 2.24. The molecule has 0 radical (unpaired) electrons. The third-order valence-electron chi connectivity index (χ3n) is 4.38. The molecule has 0 unspecified atom stereocenters. The molecule has 0 aliphatic heterocycles. The summed E-state index contributed by atoms with van der Waals surface area (Å²) < 4.78 is 7.86. The van der Waals surface area contributed by atoms with Crippen LogP contribution in [-0.4, -0.2) is 32.2 Å². The Morgan fingerprint density at radius 2 is 2.04 bits per heavy atom. The van der Waals surface area contributed by atoms with Crippen molar-refractivity contribution in [1.82, 2.24) is 14.8 Å². The predicted octanol–water partition coefficient (Wildman–Crippen LogP) is 4.30. The monoisotopic (exact) mass is 335 g/mol. The van der Waals surface area contributed by atoms with Gasteiger partial charge in [0.2, 0.25) is 5.82 Å². The first-order chi connectivity index (χ1) is 11.4. The van der Waals surface area contributed by atoms with Crippen molar-refractivity contribution < 1.29 is 9.52 Å². The quantitative estimate of drug-likeness (QED) is 0.575. The largest absolute Gasteiger partial charge is 0.461 e. The average Bonchev–Trinajstić information content (AvgIpc) is 3.25. The van der Waals surface area contributed by atoms with Crippen molar-refractivity contribution in [3.05, 3.63) is 18.4 Å². The first-order valence-electron chi connectivity index (χ1n) is 8.62. The number of rotatable bonds is 8. The van der Waals surface area contributed by atoms with E-state index in [1.807, 2.05) is 12.1 Å². The SMILES string of the molecule is OCCCCCSc1nnc(-c2ccco2)n1C1CCCCC1. The molecule has 23 heavy (non-hydrogen) atoms. The second kappa shape index (κ2) is 8.55. The van der Waals surface area contributed by atoms with E-state index in [9.17, 15) is 0 Å². The standard InChI is InChI=1S/C17H25N3O2S/c21-11-5-2-6-13-23-17-19-18-16(15-10-7-12-22-15)20(17)14-8-3-1-4-9-14/h7,10,12,14,21H,1-6,8-9,11,13H2. The molecule has 2 aromatic rings. The van der Waals surface area contributed by atoms with Crippen LogP contribution in [0.4, 0.5) is 0 Å². The summed E-state index contributed by atoms with van der Waals surface area (Å²) in [6.45, 7) is 0.283. The summed E-state index contributed by atoms with van der Waals surface area (Å²) in [6, 6.07) is 4.34. The molecule has 1 N–H and O–H groups in total. The Balaban J connectivity index is 1.75. The molecule has 126 valence electrons. The highest BCUT2D eigenvalue weighted by molar-refractivity contribution is 7.99. The van der Waals surface area contributed by atoms with Gasteiger partial charge < -0.3 is 9.52 Å². The Kier molecular flexibility index (Phi) is 6.16. The van der Waals surface area contributed by atoms with Gasteiger partial charge in [-0.25, -0.2) is 0 Å². The van der Waals surface area contributed by atoms with Crippen LogP contribution in [0, 0.1) is 0 Å². The van der Waals surface area contributed by atoms with Gasteiger partial charge in [0, 0.05) is 18.4 Å². The van der Waals surface area contributed by atoms with Gasteiger partial charge in [0.05, 0.1) is 6.26 Å². The van der Waals surface area contributed by atoms with Crippen molar-refractivity contribution in [3.8, 4) is 11.6 Å². The first-order valence-corrected chi connectivity index (χ1v) is 9.61. The summed E-state index contributed by atoms with van der Waals surface area (Å²) in [7, 11) is 0. The highest BCUT2D eigenvalue weighted by atomic mass is 32.2. The van der Waals surface area contributed by atoms with Crippen LogP contribution in [0.5, 0.6) is 0 Å². The lowest BCUT2D eigenvalue weighted by molar-refractivity contribution is 0.284. The van der Waals surface area contributed by atoms with E-state index in [1.165, 1.54) is 32.1 Å². The summed E-state index contributed by atoms with van der Waals surface area (Å²) in [5.41, 5.74) is 0. The summed E-state index contributed by atoms with van der Waals surface area (Å²) in [5.74, 6) is 2.68. The summed E-state index contributed by atoms with van der Waals surface area (Å²) in [6.07, 6.45) is 11.0. The second-order valence-corrected chi connectivity index (χ2v) is 7.14. The summed E-state index contributed by atoms with van der Waals surface area (Å²) >= 11 is 1.78. The van der Waals surface area contributed by atoms with Crippen LogP contribution in [0.25, 0.3) is 11.6 Å². The fourth-order valence-electron chi connectivity index (χ4n) is 3.17. The topological polar surface area (TPSA) is 64.1 Å². The van der Waals surface area contributed by atoms with E-state index in [4.69, 9.17) is 9.52 Å². The van der Waals surface area contributed by atoms with Crippen LogP contribution in [0.1, 0.15) is 57.4 Å². The van der Waals surface area contributed by atoms with Gasteiger partial charge in [-0.1, -0.05) is 37.4 Å². The summed E-state index contributed by atoms with van der Waals surface area (Å²) in [4.78, 5) is 0. The molecule has 1 aliphatic carbocycles. The third kappa shape index (κ3) is 4.18. The van der Waals surface area contributed by atoms with Crippen LogP contribution in [0.15, 0.2) is 28.0 Å². The van der Waals surface area contributed by atoms with Gasteiger partial charge >= 0.3 is 0 Å². The third-order valence-corrected chi connectivity index (χ3v) is 5.41. The minimum absolute atomic E-state index is 0.283. The van der Waals surface area contributed by atoms with Gasteiger partial charge in [-0.05, 0) is 37.8 Å². The van der Waals surface area contributed by atoms with Gasteiger partial charge in [-0.2, -0.15) is 0 Å². The van der Waals surface area contributed by atoms with Crippen LogP contribution in [-0.2, 0) is 0 Å². The van der Waals surface area contributed by atoms with Crippen molar-refractivity contribution in [2.75, 3.05) is 12.4 Å².